The second kappa shape index (κ2) is 7.97. The van der Waals surface area contributed by atoms with Crippen LogP contribution in [0.15, 0.2) is 35.3 Å². The van der Waals surface area contributed by atoms with Crippen molar-refractivity contribution < 1.29 is 0 Å². The van der Waals surface area contributed by atoms with Crippen LogP contribution in [-0.2, 0) is 6.42 Å². The lowest BCUT2D eigenvalue weighted by atomic mass is 10.1. The van der Waals surface area contributed by atoms with E-state index in [-0.39, 0.29) is 0 Å². The van der Waals surface area contributed by atoms with Gasteiger partial charge in [0.05, 0.1) is 6.54 Å². The van der Waals surface area contributed by atoms with Gasteiger partial charge in [0.25, 0.3) is 0 Å². The zero-order valence-corrected chi connectivity index (χ0v) is 12.0. The molecule has 0 spiro atoms. The van der Waals surface area contributed by atoms with E-state index in [2.05, 4.69) is 70.1 Å². The van der Waals surface area contributed by atoms with Gasteiger partial charge in [0, 0.05) is 12.7 Å². The summed E-state index contributed by atoms with van der Waals surface area (Å²) in [5.41, 5.74) is 2.59. The quantitative estimate of drug-likeness (QED) is 0.742. The third-order valence-electron chi connectivity index (χ3n) is 2.53. The first kappa shape index (κ1) is 13.9. The van der Waals surface area contributed by atoms with Crippen LogP contribution in [0.25, 0.3) is 0 Å². The van der Waals surface area contributed by atoms with E-state index in [1.165, 1.54) is 11.3 Å². The van der Waals surface area contributed by atoms with Crippen molar-refractivity contribution in [2.75, 3.05) is 18.5 Å². The Kier molecular flexibility index (Phi) is 6.50. The Balaban J connectivity index is 2.66. The summed E-state index contributed by atoms with van der Waals surface area (Å²) in [4.78, 5) is 4.08. The number of anilines is 1. The number of benzene rings is 1. The zero-order valence-electron chi connectivity index (χ0n) is 10.4. The summed E-state index contributed by atoms with van der Waals surface area (Å²) >= 11 is 3.29. The van der Waals surface area contributed by atoms with E-state index in [0.717, 1.165) is 19.4 Å². The molecule has 0 atom stereocenters. The minimum atomic E-state index is 0.779. The van der Waals surface area contributed by atoms with Gasteiger partial charge in [0.1, 0.15) is 0 Å². The highest BCUT2D eigenvalue weighted by atomic mass is 79.9. The Morgan fingerprint density at radius 1 is 1.41 bits per heavy atom. The normalized spacial score (nSPS) is 10.1. The predicted octanol–water partition coefficient (Wildman–Crippen LogP) is 3.99. The number of halogens is 1. The molecule has 17 heavy (non-hydrogen) atoms. The van der Waals surface area contributed by atoms with Gasteiger partial charge in [-0.05, 0) is 42.4 Å². The number of allylic oxidation sites excluding steroid dienone is 1. The molecule has 1 aromatic rings. The second-order valence-corrected chi connectivity index (χ2v) is 4.38. The van der Waals surface area contributed by atoms with Crippen LogP contribution in [-0.4, -0.2) is 13.6 Å². The fourth-order valence-corrected chi connectivity index (χ4v) is 1.82. The van der Waals surface area contributed by atoms with Crippen LogP contribution >= 0.6 is 15.9 Å². The molecule has 0 saturated carbocycles. The maximum atomic E-state index is 3.29. The molecule has 0 N–H and O–H groups in total. The maximum absolute atomic E-state index is 3.29. The van der Waals surface area contributed by atoms with Crippen LogP contribution in [0.5, 0.6) is 0 Å². The molecule has 90 valence electrons. The van der Waals surface area contributed by atoms with Crippen LogP contribution in [0.1, 0.15) is 18.9 Å². The fraction of sp³-hybridized carbons (Fsp3) is 0.333. The molecule has 2 heteroatoms. The van der Waals surface area contributed by atoms with E-state index in [4.69, 9.17) is 0 Å². The van der Waals surface area contributed by atoms with E-state index in [1.54, 1.807) is 0 Å². The van der Waals surface area contributed by atoms with Crippen LogP contribution < -0.4 is 4.90 Å². The van der Waals surface area contributed by atoms with Gasteiger partial charge in [-0.1, -0.05) is 40.1 Å². The summed E-state index contributed by atoms with van der Waals surface area (Å²) in [6.07, 6.45) is 4.26. The predicted molar refractivity (Wildman–Crippen MR) is 79.6 cm³/mol. The van der Waals surface area contributed by atoms with E-state index in [0.29, 0.717) is 0 Å². The number of hydrogen-bond acceptors (Lipinski definition) is 1. The molecule has 1 aromatic carbocycles. The molecule has 1 rings (SSSR count). The Morgan fingerprint density at radius 2 is 2.24 bits per heavy atom. The van der Waals surface area contributed by atoms with Crippen molar-refractivity contribution in [1.29, 1.82) is 0 Å². The fourth-order valence-electron chi connectivity index (χ4n) is 1.55. The Hall–Kier alpha value is -1.20. The molecule has 0 aromatic heterocycles. The van der Waals surface area contributed by atoms with Crippen LogP contribution in [0.3, 0.4) is 0 Å². The van der Waals surface area contributed by atoms with Crippen molar-refractivity contribution in [3.63, 3.8) is 0 Å². The highest BCUT2D eigenvalue weighted by Crippen LogP contribution is 2.15. The van der Waals surface area contributed by atoms with Gasteiger partial charge in [0.2, 0.25) is 0 Å². The van der Waals surface area contributed by atoms with Crippen LogP contribution in [0, 0.1) is 11.8 Å². The smallest absolute Gasteiger partial charge is 0.0791 e. The summed E-state index contributed by atoms with van der Waals surface area (Å²) < 4.78 is 0. The third-order valence-corrected chi connectivity index (χ3v) is 2.91. The Morgan fingerprint density at radius 3 is 2.94 bits per heavy atom. The maximum Gasteiger partial charge on any atom is 0.0791 e. The van der Waals surface area contributed by atoms with Crippen molar-refractivity contribution >= 4 is 21.6 Å². The Bertz CT molecular complexity index is 426. The average Bonchev–Trinajstić information content (AvgIpc) is 2.36. The van der Waals surface area contributed by atoms with Crippen molar-refractivity contribution in [2.45, 2.75) is 19.8 Å². The SMILES string of the molecule is CC#CCN(C)c1cccc(CC/C=C/Br)c1. The molecule has 0 radical (unpaired) electrons. The molecule has 0 heterocycles. The standard InChI is InChI=1S/C15H18BrN/c1-3-4-12-17(2)15-10-7-9-14(13-15)8-5-6-11-16/h6-7,9-11,13H,5,8,12H2,1-2H3/b11-6+. The summed E-state index contributed by atoms with van der Waals surface area (Å²) in [5.74, 6) is 6.00. The lowest BCUT2D eigenvalue weighted by Crippen LogP contribution is -2.17. The molecular weight excluding hydrogens is 274 g/mol. The lowest BCUT2D eigenvalue weighted by molar-refractivity contribution is 0.991. The number of hydrogen-bond donors (Lipinski definition) is 0. The van der Waals surface area contributed by atoms with Crippen LogP contribution in [0.4, 0.5) is 5.69 Å². The molecule has 0 unspecified atom stereocenters. The molecular formula is C15H18BrN. The number of nitrogens with zero attached hydrogens (tertiary/aromatic N) is 1. The second-order valence-electron chi connectivity index (χ2n) is 3.85. The largest absolute Gasteiger partial charge is 0.363 e. The van der Waals surface area contributed by atoms with E-state index < -0.39 is 0 Å². The van der Waals surface area contributed by atoms with Crippen molar-refractivity contribution in [1.82, 2.24) is 0 Å². The third kappa shape index (κ3) is 5.10. The first-order valence-electron chi connectivity index (χ1n) is 5.73. The van der Waals surface area contributed by atoms with Gasteiger partial charge in [0.15, 0.2) is 0 Å². The van der Waals surface area contributed by atoms with E-state index in [9.17, 15) is 0 Å². The summed E-state index contributed by atoms with van der Waals surface area (Å²) in [6, 6.07) is 8.64. The Labute approximate surface area is 113 Å². The van der Waals surface area contributed by atoms with Crippen molar-refractivity contribution in [2.24, 2.45) is 0 Å². The molecule has 0 aliphatic heterocycles. The topological polar surface area (TPSA) is 3.24 Å². The number of rotatable bonds is 5. The molecule has 0 amide bonds. The molecule has 0 bridgehead atoms. The molecule has 0 aliphatic rings. The highest BCUT2D eigenvalue weighted by Gasteiger charge is 1.99. The lowest BCUT2D eigenvalue weighted by Gasteiger charge is -2.16. The molecule has 0 saturated heterocycles. The van der Waals surface area contributed by atoms with Crippen molar-refractivity contribution in [3.8, 4) is 11.8 Å². The first-order chi connectivity index (χ1) is 8.27. The minimum absolute atomic E-state index is 0.779. The zero-order chi connectivity index (χ0) is 12.5. The van der Waals surface area contributed by atoms with Gasteiger partial charge >= 0.3 is 0 Å². The van der Waals surface area contributed by atoms with Gasteiger partial charge < -0.3 is 4.90 Å². The summed E-state index contributed by atoms with van der Waals surface area (Å²) in [6.45, 7) is 2.65. The van der Waals surface area contributed by atoms with E-state index >= 15 is 0 Å². The van der Waals surface area contributed by atoms with Crippen molar-refractivity contribution in [3.05, 3.63) is 40.9 Å². The monoisotopic (exact) mass is 291 g/mol. The summed E-state index contributed by atoms with van der Waals surface area (Å²) in [7, 11) is 2.07. The van der Waals surface area contributed by atoms with Gasteiger partial charge in [-0.25, -0.2) is 0 Å². The van der Waals surface area contributed by atoms with E-state index in [1.807, 2.05) is 11.9 Å². The first-order valence-corrected chi connectivity index (χ1v) is 6.64. The molecule has 0 fully saturated rings. The number of aryl methyl sites for hydroxylation is 1. The molecule has 1 nitrogen and oxygen atoms in total. The highest BCUT2D eigenvalue weighted by molar-refractivity contribution is 9.11. The summed E-state index contributed by atoms with van der Waals surface area (Å²) in [5, 5.41) is 0. The van der Waals surface area contributed by atoms with Gasteiger partial charge in [-0.3, -0.25) is 0 Å². The van der Waals surface area contributed by atoms with Gasteiger partial charge in [-0.15, -0.1) is 5.92 Å². The average molecular weight is 292 g/mol. The minimum Gasteiger partial charge on any atom is -0.363 e. The van der Waals surface area contributed by atoms with Crippen LogP contribution in [0.2, 0.25) is 0 Å². The van der Waals surface area contributed by atoms with Gasteiger partial charge in [-0.2, -0.15) is 0 Å². The molecule has 0 aliphatic carbocycles.